The van der Waals surface area contributed by atoms with Gasteiger partial charge in [-0.05, 0) is 42.9 Å². The zero-order valence-electron chi connectivity index (χ0n) is 17.3. The first-order chi connectivity index (χ1) is 13.6. The maximum atomic E-state index is 5.92. The van der Waals surface area contributed by atoms with Crippen molar-refractivity contribution in [3.8, 4) is 5.75 Å². The highest BCUT2D eigenvalue weighted by Gasteiger charge is 2.08. The van der Waals surface area contributed by atoms with E-state index in [2.05, 4.69) is 53.9 Å². The van der Waals surface area contributed by atoms with Crippen molar-refractivity contribution in [2.75, 3.05) is 31.3 Å². The van der Waals surface area contributed by atoms with Gasteiger partial charge in [0.2, 0.25) is 5.95 Å². The van der Waals surface area contributed by atoms with E-state index >= 15 is 0 Å². The van der Waals surface area contributed by atoms with Crippen LogP contribution in [0.4, 0.5) is 11.8 Å². The Bertz CT molecular complexity index is 777. The van der Waals surface area contributed by atoms with Crippen LogP contribution in [0.1, 0.15) is 49.8 Å². The van der Waals surface area contributed by atoms with Crippen LogP contribution in [0, 0.1) is 0 Å². The van der Waals surface area contributed by atoms with Crippen molar-refractivity contribution < 1.29 is 9.47 Å². The number of hydrogen-bond acceptors (Lipinski definition) is 6. The van der Waals surface area contributed by atoms with Crippen molar-refractivity contribution in [1.29, 1.82) is 0 Å². The Morgan fingerprint density at radius 3 is 2.75 bits per heavy atom. The molecule has 0 bridgehead atoms. The lowest BCUT2D eigenvalue weighted by Crippen LogP contribution is -2.09. The van der Waals surface area contributed by atoms with Crippen LogP contribution in [0.2, 0.25) is 0 Å². The summed E-state index contributed by atoms with van der Waals surface area (Å²) in [5, 5.41) is 3.28. The Balaban J connectivity index is 1.93. The quantitative estimate of drug-likeness (QED) is 0.415. The second-order valence-corrected chi connectivity index (χ2v) is 6.64. The second-order valence-electron chi connectivity index (χ2n) is 6.64. The van der Waals surface area contributed by atoms with E-state index in [0.717, 1.165) is 44.2 Å². The van der Waals surface area contributed by atoms with Crippen molar-refractivity contribution in [1.82, 2.24) is 9.97 Å². The molecule has 2 aromatic rings. The molecule has 2 rings (SSSR count). The SMILES string of the molecule is C=C(OC)c1ccc(CCCOc2cnc(N)nc2NCCCC)c(CC)c1. The fourth-order valence-electron chi connectivity index (χ4n) is 2.94. The fourth-order valence-corrected chi connectivity index (χ4v) is 2.94. The van der Waals surface area contributed by atoms with Crippen LogP contribution in [-0.2, 0) is 17.6 Å². The molecule has 6 nitrogen and oxygen atoms in total. The number of aryl methyl sites for hydroxylation is 2. The molecular formula is C22H32N4O2. The molecule has 3 N–H and O–H groups in total. The highest BCUT2D eigenvalue weighted by molar-refractivity contribution is 5.59. The molecule has 6 heteroatoms. The summed E-state index contributed by atoms with van der Waals surface area (Å²) in [4.78, 5) is 8.30. The zero-order chi connectivity index (χ0) is 20.4. The number of nitrogens with two attached hydrogens (primary N) is 1. The van der Waals surface area contributed by atoms with Crippen LogP contribution in [0.15, 0.2) is 31.0 Å². The average molecular weight is 385 g/mol. The minimum absolute atomic E-state index is 0.247. The smallest absolute Gasteiger partial charge is 0.222 e. The van der Waals surface area contributed by atoms with Gasteiger partial charge in [0.1, 0.15) is 5.76 Å². The van der Waals surface area contributed by atoms with Crippen LogP contribution in [-0.4, -0.2) is 30.2 Å². The Labute approximate surface area is 168 Å². The van der Waals surface area contributed by atoms with E-state index in [0.29, 0.717) is 23.9 Å². The van der Waals surface area contributed by atoms with Crippen LogP contribution < -0.4 is 15.8 Å². The van der Waals surface area contributed by atoms with Gasteiger partial charge in [0.25, 0.3) is 0 Å². The van der Waals surface area contributed by atoms with Crippen molar-refractivity contribution in [2.24, 2.45) is 0 Å². The molecule has 0 aliphatic rings. The predicted molar refractivity (Wildman–Crippen MR) is 116 cm³/mol. The molecule has 28 heavy (non-hydrogen) atoms. The Kier molecular flexibility index (Phi) is 8.59. The number of aromatic nitrogens is 2. The second kappa shape index (κ2) is 11.2. The largest absolute Gasteiger partial charge is 0.497 e. The van der Waals surface area contributed by atoms with Gasteiger partial charge in [-0.3, -0.25) is 0 Å². The molecule has 1 aromatic carbocycles. The minimum atomic E-state index is 0.247. The van der Waals surface area contributed by atoms with Crippen molar-refractivity contribution in [3.05, 3.63) is 47.7 Å². The van der Waals surface area contributed by atoms with Crippen LogP contribution in [0.25, 0.3) is 5.76 Å². The molecule has 0 unspecified atom stereocenters. The summed E-state index contributed by atoms with van der Waals surface area (Å²) in [6.07, 6.45) is 6.62. The van der Waals surface area contributed by atoms with E-state index in [4.69, 9.17) is 15.2 Å². The summed E-state index contributed by atoms with van der Waals surface area (Å²) in [5.41, 5.74) is 9.37. The summed E-state index contributed by atoms with van der Waals surface area (Å²) < 4.78 is 11.2. The molecule has 0 saturated carbocycles. The monoisotopic (exact) mass is 384 g/mol. The van der Waals surface area contributed by atoms with Gasteiger partial charge in [-0.15, -0.1) is 0 Å². The van der Waals surface area contributed by atoms with Crippen LogP contribution in [0.3, 0.4) is 0 Å². The van der Waals surface area contributed by atoms with Crippen LogP contribution in [0.5, 0.6) is 5.75 Å². The first-order valence-corrected chi connectivity index (χ1v) is 9.93. The molecule has 0 aliphatic carbocycles. The maximum absolute atomic E-state index is 5.92. The van der Waals surface area contributed by atoms with Gasteiger partial charge in [-0.1, -0.05) is 39.0 Å². The van der Waals surface area contributed by atoms with Gasteiger partial charge in [-0.25, -0.2) is 4.98 Å². The molecule has 0 spiro atoms. The average Bonchev–Trinajstić information content (AvgIpc) is 2.72. The van der Waals surface area contributed by atoms with Gasteiger partial charge in [0.15, 0.2) is 11.6 Å². The normalized spacial score (nSPS) is 10.5. The number of methoxy groups -OCH3 is 1. The van der Waals surface area contributed by atoms with E-state index < -0.39 is 0 Å². The molecular weight excluding hydrogens is 352 g/mol. The predicted octanol–water partition coefficient (Wildman–Crippen LogP) is 4.46. The van der Waals surface area contributed by atoms with Gasteiger partial charge >= 0.3 is 0 Å². The third-order valence-corrected chi connectivity index (χ3v) is 4.60. The van der Waals surface area contributed by atoms with E-state index in [1.165, 1.54) is 11.1 Å². The Morgan fingerprint density at radius 2 is 2.04 bits per heavy atom. The Morgan fingerprint density at radius 1 is 1.21 bits per heavy atom. The summed E-state index contributed by atoms with van der Waals surface area (Å²) in [6.45, 7) is 9.66. The molecule has 0 amide bonds. The lowest BCUT2D eigenvalue weighted by atomic mass is 9.98. The number of nitrogens with one attached hydrogen (secondary N) is 1. The lowest BCUT2D eigenvalue weighted by Gasteiger charge is -2.14. The number of ether oxygens (including phenoxy) is 2. The summed E-state index contributed by atoms with van der Waals surface area (Å²) in [7, 11) is 1.64. The summed E-state index contributed by atoms with van der Waals surface area (Å²) >= 11 is 0. The molecule has 0 radical (unpaired) electrons. The van der Waals surface area contributed by atoms with Crippen molar-refractivity contribution in [3.63, 3.8) is 0 Å². The molecule has 1 aromatic heterocycles. The molecule has 0 saturated heterocycles. The number of nitrogens with zero attached hydrogens (tertiary/aromatic N) is 2. The number of anilines is 2. The first-order valence-electron chi connectivity index (χ1n) is 9.93. The van der Waals surface area contributed by atoms with Gasteiger partial charge in [-0.2, -0.15) is 4.98 Å². The summed E-state index contributed by atoms with van der Waals surface area (Å²) in [6, 6.07) is 6.37. The molecule has 0 aliphatic heterocycles. The highest BCUT2D eigenvalue weighted by Crippen LogP contribution is 2.23. The third-order valence-electron chi connectivity index (χ3n) is 4.60. The molecule has 152 valence electrons. The number of hydrogen-bond donors (Lipinski definition) is 2. The van der Waals surface area contributed by atoms with E-state index in [1.54, 1.807) is 13.3 Å². The van der Waals surface area contributed by atoms with Crippen molar-refractivity contribution in [2.45, 2.75) is 46.0 Å². The minimum Gasteiger partial charge on any atom is -0.497 e. The van der Waals surface area contributed by atoms with Crippen molar-refractivity contribution >= 4 is 17.5 Å². The van der Waals surface area contributed by atoms with E-state index in [9.17, 15) is 0 Å². The van der Waals surface area contributed by atoms with Gasteiger partial charge in [0, 0.05) is 12.1 Å². The fraction of sp³-hybridized carbons (Fsp3) is 0.455. The third kappa shape index (κ3) is 6.15. The standard InChI is InChI=1S/C22H32N4O2/c1-5-7-12-24-21-20(15-25-22(23)26-21)28-13-8-9-18-10-11-19(16(3)27-4)14-17(18)6-2/h10-11,14-15H,3,5-9,12-13H2,1-2,4H3,(H3,23,24,25,26). The lowest BCUT2D eigenvalue weighted by molar-refractivity contribution is 0.310. The summed E-state index contributed by atoms with van der Waals surface area (Å²) in [5.74, 6) is 2.25. The van der Waals surface area contributed by atoms with Gasteiger partial charge in [0.05, 0.1) is 19.9 Å². The van der Waals surface area contributed by atoms with E-state index in [1.807, 2.05) is 0 Å². The molecule has 0 fully saturated rings. The molecule has 0 atom stereocenters. The topological polar surface area (TPSA) is 82.3 Å². The number of benzene rings is 1. The molecule has 1 heterocycles. The van der Waals surface area contributed by atoms with Gasteiger partial charge < -0.3 is 20.5 Å². The Hall–Kier alpha value is -2.76. The number of unbranched alkanes of at least 4 members (excludes halogenated alkanes) is 1. The number of rotatable bonds is 12. The highest BCUT2D eigenvalue weighted by atomic mass is 16.5. The maximum Gasteiger partial charge on any atom is 0.222 e. The first kappa shape index (κ1) is 21.5. The van der Waals surface area contributed by atoms with Crippen LogP contribution >= 0.6 is 0 Å². The zero-order valence-corrected chi connectivity index (χ0v) is 17.3. The van der Waals surface area contributed by atoms with E-state index in [-0.39, 0.29) is 5.95 Å². The number of nitrogen functional groups attached to an aromatic ring is 1.